The molecule has 0 aromatic rings. The molecular weight excluding hydrogens is 136 g/mol. The van der Waals surface area contributed by atoms with Crippen LogP contribution in [0.5, 0.6) is 0 Å². The van der Waals surface area contributed by atoms with E-state index in [0.717, 1.165) is 25.0 Å². The third-order valence-corrected chi connectivity index (χ3v) is 3.28. The van der Waals surface area contributed by atoms with Gasteiger partial charge in [-0.1, -0.05) is 25.7 Å². The first-order valence-electron chi connectivity index (χ1n) is 5.04. The lowest BCUT2D eigenvalue weighted by atomic mass is 9.85. The minimum atomic E-state index is 0.922. The molecule has 1 aliphatic heterocycles. The first-order valence-corrected chi connectivity index (χ1v) is 5.04. The van der Waals surface area contributed by atoms with E-state index in [0.29, 0.717) is 0 Å². The molecule has 2 unspecified atom stereocenters. The Morgan fingerprint density at radius 2 is 1.64 bits per heavy atom. The molecule has 0 aromatic carbocycles. The summed E-state index contributed by atoms with van der Waals surface area (Å²) < 4.78 is 5.49. The Hall–Kier alpha value is -0.0400. The molecule has 1 saturated heterocycles. The molecule has 0 spiro atoms. The molecule has 2 aliphatic rings. The lowest BCUT2D eigenvalue weighted by Gasteiger charge is -2.29. The van der Waals surface area contributed by atoms with Crippen LogP contribution in [0.2, 0.25) is 0 Å². The second kappa shape index (κ2) is 3.57. The van der Waals surface area contributed by atoms with Crippen LogP contribution in [0.1, 0.15) is 38.5 Å². The van der Waals surface area contributed by atoms with Crippen molar-refractivity contribution in [1.29, 1.82) is 0 Å². The predicted molar refractivity (Wildman–Crippen MR) is 45.5 cm³/mol. The van der Waals surface area contributed by atoms with Gasteiger partial charge in [0.2, 0.25) is 0 Å². The molecular formula is C10H18O. The van der Waals surface area contributed by atoms with E-state index in [1.165, 1.54) is 38.5 Å². The van der Waals surface area contributed by atoms with Gasteiger partial charge in [0.05, 0.1) is 0 Å². The van der Waals surface area contributed by atoms with Crippen LogP contribution in [-0.4, -0.2) is 13.2 Å². The summed E-state index contributed by atoms with van der Waals surface area (Å²) in [4.78, 5) is 0. The fraction of sp³-hybridized carbons (Fsp3) is 1.00. The molecule has 0 N–H and O–H groups in total. The van der Waals surface area contributed by atoms with Crippen molar-refractivity contribution in [3.8, 4) is 0 Å². The van der Waals surface area contributed by atoms with Gasteiger partial charge in [0, 0.05) is 13.2 Å². The molecule has 1 saturated carbocycles. The summed E-state index contributed by atoms with van der Waals surface area (Å²) in [5, 5.41) is 0. The summed E-state index contributed by atoms with van der Waals surface area (Å²) in [5.41, 5.74) is 0. The van der Waals surface area contributed by atoms with E-state index in [1.807, 2.05) is 0 Å². The molecule has 2 fully saturated rings. The maximum absolute atomic E-state index is 5.49. The molecule has 1 heterocycles. The fourth-order valence-corrected chi connectivity index (χ4v) is 2.53. The number of hydrogen-bond donors (Lipinski definition) is 0. The molecule has 2 atom stereocenters. The molecule has 0 bridgehead atoms. The molecule has 0 aromatic heterocycles. The van der Waals surface area contributed by atoms with E-state index in [-0.39, 0.29) is 0 Å². The first-order chi connectivity index (χ1) is 5.47. The zero-order valence-electron chi connectivity index (χ0n) is 7.22. The van der Waals surface area contributed by atoms with Gasteiger partial charge in [-0.15, -0.1) is 0 Å². The van der Waals surface area contributed by atoms with Gasteiger partial charge in [-0.2, -0.15) is 0 Å². The van der Waals surface area contributed by atoms with Gasteiger partial charge in [0.15, 0.2) is 0 Å². The van der Waals surface area contributed by atoms with Gasteiger partial charge in [-0.25, -0.2) is 0 Å². The van der Waals surface area contributed by atoms with Crippen LogP contribution in [-0.2, 0) is 4.74 Å². The van der Waals surface area contributed by atoms with Crippen LogP contribution < -0.4 is 0 Å². The first kappa shape index (κ1) is 7.60. The monoisotopic (exact) mass is 154 g/mol. The van der Waals surface area contributed by atoms with Gasteiger partial charge in [-0.3, -0.25) is 0 Å². The van der Waals surface area contributed by atoms with E-state index >= 15 is 0 Å². The summed E-state index contributed by atoms with van der Waals surface area (Å²) in [6.45, 7) is 2.09. The average molecular weight is 154 g/mol. The minimum Gasteiger partial charge on any atom is -0.381 e. The van der Waals surface area contributed by atoms with Gasteiger partial charge < -0.3 is 4.74 Å². The minimum absolute atomic E-state index is 0.922. The van der Waals surface area contributed by atoms with Crippen molar-refractivity contribution < 1.29 is 4.74 Å². The zero-order chi connectivity index (χ0) is 7.52. The topological polar surface area (TPSA) is 9.23 Å². The van der Waals surface area contributed by atoms with Gasteiger partial charge in [0.1, 0.15) is 0 Å². The molecule has 1 nitrogen and oxygen atoms in total. The van der Waals surface area contributed by atoms with E-state index in [1.54, 1.807) is 0 Å². The third kappa shape index (κ3) is 1.76. The Morgan fingerprint density at radius 1 is 0.818 bits per heavy atom. The normalized spacial score (nSPS) is 39.3. The lowest BCUT2D eigenvalue weighted by molar-refractivity contribution is 0.0141. The van der Waals surface area contributed by atoms with Gasteiger partial charge in [0.25, 0.3) is 0 Å². The average Bonchev–Trinajstić information content (AvgIpc) is 2.28. The highest BCUT2D eigenvalue weighted by atomic mass is 16.5. The van der Waals surface area contributed by atoms with Crippen LogP contribution in [0.25, 0.3) is 0 Å². The fourth-order valence-electron chi connectivity index (χ4n) is 2.53. The highest BCUT2D eigenvalue weighted by Crippen LogP contribution is 2.33. The van der Waals surface area contributed by atoms with Crippen LogP contribution in [0.15, 0.2) is 0 Å². The summed E-state index contributed by atoms with van der Waals surface area (Å²) in [6.07, 6.45) is 8.64. The molecule has 1 aliphatic carbocycles. The van der Waals surface area contributed by atoms with Crippen LogP contribution in [0, 0.1) is 11.8 Å². The van der Waals surface area contributed by atoms with E-state index in [9.17, 15) is 0 Å². The molecule has 64 valence electrons. The standard InChI is InChI=1S/C10H18O/c1-2-4-9-6-7-11-8-10(9)5-3-1/h9-10H,1-8H2. The zero-order valence-corrected chi connectivity index (χ0v) is 7.22. The number of hydrogen-bond acceptors (Lipinski definition) is 1. The largest absolute Gasteiger partial charge is 0.381 e. The molecule has 0 amide bonds. The quantitative estimate of drug-likeness (QED) is 0.521. The number of rotatable bonds is 0. The predicted octanol–water partition coefficient (Wildman–Crippen LogP) is 2.60. The van der Waals surface area contributed by atoms with Crippen molar-refractivity contribution in [2.45, 2.75) is 38.5 Å². The molecule has 11 heavy (non-hydrogen) atoms. The second-order valence-electron chi connectivity index (χ2n) is 4.02. The summed E-state index contributed by atoms with van der Waals surface area (Å²) in [6, 6.07) is 0. The van der Waals surface area contributed by atoms with Crippen molar-refractivity contribution >= 4 is 0 Å². The van der Waals surface area contributed by atoms with Gasteiger partial charge in [-0.05, 0) is 24.7 Å². The third-order valence-electron chi connectivity index (χ3n) is 3.28. The Morgan fingerprint density at radius 3 is 2.55 bits per heavy atom. The Bertz CT molecular complexity index is 108. The molecule has 1 heteroatoms. The number of fused-ring (bicyclic) bond motifs is 1. The van der Waals surface area contributed by atoms with E-state index in [4.69, 9.17) is 4.74 Å². The van der Waals surface area contributed by atoms with Crippen molar-refractivity contribution in [3.05, 3.63) is 0 Å². The lowest BCUT2D eigenvalue weighted by Crippen LogP contribution is -2.26. The van der Waals surface area contributed by atoms with E-state index in [2.05, 4.69) is 0 Å². The maximum atomic E-state index is 5.49. The summed E-state index contributed by atoms with van der Waals surface area (Å²) >= 11 is 0. The van der Waals surface area contributed by atoms with Crippen LogP contribution >= 0.6 is 0 Å². The Balaban J connectivity index is 1.93. The highest BCUT2D eigenvalue weighted by Gasteiger charge is 2.26. The SMILES string of the molecule is C1CCC2CCOCC2CC1. The molecule has 2 rings (SSSR count). The van der Waals surface area contributed by atoms with E-state index < -0.39 is 0 Å². The van der Waals surface area contributed by atoms with Crippen molar-refractivity contribution in [2.75, 3.05) is 13.2 Å². The molecule has 0 radical (unpaired) electrons. The second-order valence-corrected chi connectivity index (χ2v) is 4.02. The van der Waals surface area contributed by atoms with Crippen LogP contribution in [0.3, 0.4) is 0 Å². The van der Waals surface area contributed by atoms with Crippen molar-refractivity contribution in [3.63, 3.8) is 0 Å². The van der Waals surface area contributed by atoms with Crippen LogP contribution in [0.4, 0.5) is 0 Å². The highest BCUT2D eigenvalue weighted by molar-refractivity contribution is 4.76. The Labute approximate surface area is 69.1 Å². The maximum Gasteiger partial charge on any atom is 0.0496 e. The summed E-state index contributed by atoms with van der Waals surface area (Å²) in [7, 11) is 0. The van der Waals surface area contributed by atoms with Crippen molar-refractivity contribution in [2.24, 2.45) is 11.8 Å². The van der Waals surface area contributed by atoms with Crippen molar-refractivity contribution in [1.82, 2.24) is 0 Å². The van der Waals surface area contributed by atoms with Gasteiger partial charge >= 0.3 is 0 Å². The Kier molecular flexibility index (Phi) is 2.47. The number of ether oxygens (including phenoxy) is 1. The summed E-state index contributed by atoms with van der Waals surface area (Å²) in [5.74, 6) is 1.94. The smallest absolute Gasteiger partial charge is 0.0496 e.